The van der Waals surface area contributed by atoms with Gasteiger partial charge in [0.15, 0.2) is 0 Å². The van der Waals surface area contributed by atoms with Crippen LogP contribution in [0.1, 0.15) is 23.6 Å². The fraction of sp³-hybridized carbons (Fsp3) is 0.222. The summed E-state index contributed by atoms with van der Waals surface area (Å²) in [6.07, 6.45) is -0.606. The molecule has 126 valence electrons. The summed E-state index contributed by atoms with van der Waals surface area (Å²) in [6, 6.07) is 15.7. The number of anilines is 1. The van der Waals surface area contributed by atoms with Crippen LogP contribution in [0.5, 0.6) is 0 Å². The second-order valence-corrected chi connectivity index (χ2v) is 5.21. The quantitative estimate of drug-likeness (QED) is 0.628. The molecule has 0 radical (unpaired) electrons. The third-order valence-corrected chi connectivity index (χ3v) is 3.44. The Bertz CT molecular complexity index is 671. The van der Waals surface area contributed by atoms with E-state index in [2.05, 4.69) is 10.1 Å². The van der Waals surface area contributed by atoms with Gasteiger partial charge in [-0.1, -0.05) is 42.5 Å². The van der Waals surface area contributed by atoms with Gasteiger partial charge in [-0.3, -0.25) is 4.79 Å². The lowest BCUT2D eigenvalue weighted by molar-refractivity contribution is -0.141. The Balaban J connectivity index is 2.00. The Hall–Kier alpha value is -3.02. The molecule has 0 unspecified atom stereocenters. The van der Waals surface area contributed by atoms with Crippen molar-refractivity contribution in [2.45, 2.75) is 19.1 Å². The summed E-state index contributed by atoms with van der Waals surface area (Å²) in [5.41, 5.74) is 7.88. The van der Waals surface area contributed by atoms with Crippen molar-refractivity contribution >= 4 is 17.7 Å². The summed E-state index contributed by atoms with van der Waals surface area (Å²) in [5, 5.41) is 2.69. The van der Waals surface area contributed by atoms with Crippen LogP contribution in [0.25, 0.3) is 0 Å². The second-order valence-electron chi connectivity index (χ2n) is 5.21. The Morgan fingerprint density at radius 1 is 1.08 bits per heavy atom. The number of methoxy groups -OCH3 is 1. The Morgan fingerprint density at radius 2 is 1.75 bits per heavy atom. The van der Waals surface area contributed by atoms with Gasteiger partial charge in [-0.15, -0.1) is 0 Å². The molecule has 24 heavy (non-hydrogen) atoms. The molecule has 0 aromatic heterocycles. The van der Waals surface area contributed by atoms with E-state index in [4.69, 9.17) is 10.5 Å². The maximum absolute atomic E-state index is 12.0. The highest BCUT2D eigenvalue weighted by atomic mass is 16.5. The van der Waals surface area contributed by atoms with Gasteiger partial charge < -0.3 is 20.5 Å². The fourth-order valence-electron chi connectivity index (χ4n) is 2.14. The Kier molecular flexibility index (Phi) is 6.19. The molecule has 0 aliphatic heterocycles. The molecule has 0 aliphatic carbocycles. The number of ether oxygens (including phenoxy) is 2. The fourth-order valence-corrected chi connectivity index (χ4v) is 2.14. The number of rotatable bonds is 6. The lowest BCUT2D eigenvalue weighted by Gasteiger charge is -2.18. The summed E-state index contributed by atoms with van der Waals surface area (Å²) in [7, 11) is 1.30. The number of nitrogens with two attached hydrogens (primary N) is 1. The topological polar surface area (TPSA) is 90.6 Å². The smallest absolute Gasteiger partial charge is 0.407 e. The highest BCUT2D eigenvalue weighted by molar-refractivity contribution is 5.73. The predicted octanol–water partition coefficient (Wildman–Crippen LogP) is 2.80. The number of nitrogens with one attached hydrogen (secondary N) is 1. The zero-order chi connectivity index (χ0) is 17.4. The molecule has 3 N–H and O–H groups in total. The molecule has 1 atom stereocenters. The molecule has 0 fully saturated rings. The summed E-state index contributed by atoms with van der Waals surface area (Å²) >= 11 is 0. The molecule has 1 amide bonds. The van der Waals surface area contributed by atoms with Gasteiger partial charge in [0.05, 0.1) is 19.6 Å². The van der Waals surface area contributed by atoms with Crippen molar-refractivity contribution in [1.29, 1.82) is 0 Å². The van der Waals surface area contributed by atoms with Gasteiger partial charge in [0, 0.05) is 5.69 Å². The van der Waals surface area contributed by atoms with Crippen molar-refractivity contribution in [3.05, 3.63) is 65.7 Å². The third-order valence-electron chi connectivity index (χ3n) is 3.44. The van der Waals surface area contributed by atoms with Crippen molar-refractivity contribution in [3.63, 3.8) is 0 Å². The van der Waals surface area contributed by atoms with E-state index in [-0.39, 0.29) is 13.0 Å². The van der Waals surface area contributed by atoms with Gasteiger partial charge in [0.1, 0.15) is 6.61 Å². The standard InChI is InChI=1S/C18H20N2O4/c1-23-17(21)11-16(14-7-9-15(19)10-8-14)20-18(22)24-12-13-5-3-2-4-6-13/h2-10,16H,11-12,19H2,1H3,(H,20,22)/t16-/m1/s1. The highest BCUT2D eigenvalue weighted by Gasteiger charge is 2.19. The van der Waals surface area contributed by atoms with Gasteiger partial charge in [-0.05, 0) is 23.3 Å². The lowest BCUT2D eigenvalue weighted by atomic mass is 10.0. The number of carbonyl (C=O) groups is 2. The van der Waals surface area contributed by atoms with E-state index in [1.165, 1.54) is 7.11 Å². The number of nitrogen functional groups attached to an aromatic ring is 1. The largest absolute Gasteiger partial charge is 0.469 e. The molecule has 0 saturated carbocycles. The molecule has 2 aromatic rings. The summed E-state index contributed by atoms with van der Waals surface area (Å²) in [4.78, 5) is 23.6. The lowest BCUT2D eigenvalue weighted by Crippen LogP contribution is -2.31. The number of esters is 1. The van der Waals surface area contributed by atoms with E-state index in [0.29, 0.717) is 5.69 Å². The molecule has 0 heterocycles. The molecule has 2 rings (SSSR count). The van der Waals surface area contributed by atoms with Crippen molar-refractivity contribution in [2.75, 3.05) is 12.8 Å². The van der Waals surface area contributed by atoms with Crippen LogP contribution in [0.15, 0.2) is 54.6 Å². The van der Waals surface area contributed by atoms with Crippen LogP contribution in [-0.4, -0.2) is 19.2 Å². The van der Waals surface area contributed by atoms with Gasteiger partial charge in [-0.2, -0.15) is 0 Å². The first-order valence-corrected chi connectivity index (χ1v) is 7.48. The molecular formula is C18H20N2O4. The van der Waals surface area contributed by atoms with E-state index >= 15 is 0 Å². The van der Waals surface area contributed by atoms with E-state index in [9.17, 15) is 9.59 Å². The van der Waals surface area contributed by atoms with E-state index in [1.807, 2.05) is 30.3 Å². The monoisotopic (exact) mass is 328 g/mol. The number of carbonyl (C=O) groups excluding carboxylic acids is 2. The maximum Gasteiger partial charge on any atom is 0.407 e. The average molecular weight is 328 g/mol. The van der Waals surface area contributed by atoms with Crippen molar-refractivity contribution in [3.8, 4) is 0 Å². The first-order chi connectivity index (χ1) is 11.6. The van der Waals surface area contributed by atoms with Crippen LogP contribution in [0.2, 0.25) is 0 Å². The highest BCUT2D eigenvalue weighted by Crippen LogP contribution is 2.19. The molecule has 0 saturated heterocycles. The minimum atomic E-state index is -0.607. The third kappa shape index (κ3) is 5.31. The van der Waals surface area contributed by atoms with E-state index in [0.717, 1.165) is 11.1 Å². The van der Waals surface area contributed by atoms with Crippen molar-refractivity contribution in [2.24, 2.45) is 0 Å². The summed E-state index contributed by atoms with van der Waals surface area (Å²) in [5.74, 6) is -0.430. The maximum atomic E-state index is 12.0. The molecular weight excluding hydrogens is 308 g/mol. The first-order valence-electron chi connectivity index (χ1n) is 7.48. The molecule has 2 aromatic carbocycles. The predicted molar refractivity (Wildman–Crippen MR) is 90.0 cm³/mol. The number of alkyl carbamates (subject to hydrolysis) is 1. The number of hydrogen-bond donors (Lipinski definition) is 2. The van der Waals surface area contributed by atoms with Crippen LogP contribution >= 0.6 is 0 Å². The van der Waals surface area contributed by atoms with Crippen LogP contribution in [0.4, 0.5) is 10.5 Å². The van der Waals surface area contributed by atoms with Gasteiger partial charge in [0.2, 0.25) is 0 Å². The Morgan fingerprint density at radius 3 is 2.38 bits per heavy atom. The number of hydrogen-bond acceptors (Lipinski definition) is 5. The molecule has 0 bridgehead atoms. The Labute approximate surface area is 140 Å². The molecule has 6 heteroatoms. The zero-order valence-corrected chi connectivity index (χ0v) is 13.4. The summed E-state index contributed by atoms with van der Waals surface area (Å²) in [6.45, 7) is 0.152. The van der Waals surface area contributed by atoms with Gasteiger partial charge in [-0.25, -0.2) is 4.79 Å². The molecule has 0 aliphatic rings. The molecule has 0 spiro atoms. The minimum absolute atomic E-state index is 0.000848. The van der Waals surface area contributed by atoms with Crippen LogP contribution < -0.4 is 11.1 Å². The van der Waals surface area contributed by atoms with E-state index < -0.39 is 18.1 Å². The average Bonchev–Trinajstić information content (AvgIpc) is 2.61. The van der Waals surface area contributed by atoms with Crippen molar-refractivity contribution < 1.29 is 19.1 Å². The molecule has 6 nitrogen and oxygen atoms in total. The minimum Gasteiger partial charge on any atom is -0.469 e. The number of amides is 1. The van der Waals surface area contributed by atoms with Crippen molar-refractivity contribution in [1.82, 2.24) is 5.32 Å². The SMILES string of the molecule is COC(=O)C[C@@H](NC(=O)OCc1ccccc1)c1ccc(N)cc1. The van der Waals surface area contributed by atoms with Crippen LogP contribution in [0, 0.1) is 0 Å². The first kappa shape index (κ1) is 17.3. The zero-order valence-electron chi connectivity index (χ0n) is 13.4. The van der Waals surface area contributed by atoms with Crippen LogP contribution in [-0.2, 0) is 20.9 Å². The summed E-state index contributed by atoms with van der Waals surface area (Å²) < 4.78 is 9.87. The normalized spacial score (nSPS) is 11.4. The number of benzene rings is 2. The van der Waals surface area contributed by atoms with Gasteiger partial charge in [0.25, 0.3) is 0 Å². The second kappa shape index (κ2) is 8.57. The van der Waals surface area contributed by atoms with E-state index in [1.54, 1.807) is 24.3 Å². The van der Waals surface area contributed by atoms with Crippen LogP contribution in [0.3, 0.4) is 0 Å². The van der Waals surface area contributed by atoms with Gasteiger partial charge >= 0.3 is 12.1 Å².